The SMILES string of the molecule is O=C(CC(F)(F)F)N[C@H]1CC[C@H](CCN2CCC(C(=O)c3ccc(F)cc3)CC2)CC1. The first-order valence-corrected chi connectivity index (χ1v) is 11.1. The first-order valence-electron chi connectivity index (χ1n) is 11.1. The summed E-state index contributed by atoms with van der Waals surface area (Å²) in [6, 6.07) is 5.58. The van der Waals surface area contributed by atoms with Gasteiger partial charge in [0.25, 0.3) is 0 Å². The molecule has 0 spiro atoms. The van der Waals surface area contributed by atoms with Crippen molar-refractivity contribution in [2.24, 2.45) is 11.8 Å². The van der Waals surface area contributed by atoms with Crippen molar-refractivity contribution in [1.29, 1.82) is 0 Å². The molecule has 1 saturated heterocycles. The van der Waals surface area contributed by atoms with E-state index >= 15 is 0 Å². The molecular formula is C23H30F4N2O2. The Morgan fingerprint density at radius 3 is 2.16 bits per heavy atom. The smallest absolute Gasteiger partial charge is 0.353 e. The number of nitrogens with zero attached hydrogens (tertiary/aromatic N) is 1. The Morgan fingerprint density at radius 1 is 0.968 bits per heavy atom. The maximum atomic E-state index is 13.0. The van der Waals surface area contributed by atoms with Gasteiger partial charge in [-0.2, -0.15) is 13.2 Å². The van der Waals surface area contributed by atoms with E-state index in [1.165, 1.54) is 12.1 Å². The number of carbonyl (C=O) groups excluding carboxylic acids is 2. The number of piperidine rings is 1. The number of nitrogens with one attached hydrogen (secondary N) is 1. The summed E-state index contributed by atoms with van der Waals surface area (Å²) in [7, 11) is 0. The van der Waals surface area contributed by atoms with Gasteiger partial charge in [-0.15, -0.1) is 0 Å². The highest BCUT2D eigenvalue weighted by molar-refractivity contribution is 5.97. The van der Waals surface area contributed by atoms with Crippen LogP contribution in [-0.2, 0) is 4.79 Å². The number of amides is 1. The number of hydrogen-bond acceptors (Lipinski definition) is 3. The van der Waals surface area contributed by atoms with Crippen LogP contribution in [0.1, 0.15) is 61.7 Å². The molecule has 1 aromatic carbocycles. The maximum absolute atomic E-state index is 13.0. The van der Waals surface area contributed by atoms with Crippen molar-refractivity contribution in [3.05, 3.63) is 35.6 Å². The third-order valence-corrected chi connectivity index (χ3v) is 6.51. The van der Waals surface area contributed by atoms with Gasteiger partial charge in [0, 0.05) is 17.5 Å². The monoisotopic (exact) mass is 442 g/mol. The molecule has 1 N–H and O–H groups in total. The Bertz CT molecular complexity index is 735. The predicted molar refractivity (Wildman–Crippen MR) is 109 cm³/mol. The van der Waals surface area contributed by atoms with Gasteiger partial charge in [-0.1, -0.05) is 0 Å². The zero-order valence-corrected chi connectivity index (χ0v) is 17.6. The maximum Gasteiger partial charge on any atom is 0.397 e. The Labute approximate surface area is 180 Å². The van der Waals surface area contributed by atoms with Crippen molar-refractivity contribution in [1.82, 2.24) is 10.2 Å². The van der Waals surface area contributed by atoms with Crippen molar-refractivity contribution in [2.45, 2.75) is 63.6 Å². The van der Waals surface area contributed by atoms with Gasteiger partial charge >= 0.3 is 6.18 Å². The second-order valence-electron chi connectivity index (χ2n) is 8.85. The number of alkyl halides is 3. The molecule has 8 heteroatoms. The zero-order valence-electron chi connectivity index (χ0n) is 17.6. The summed E-state index contributed by atoms with van der Waals surface area (Å²) in [5, 5.41) is 2.51. The molecule has 1 heterocycles. The molecule has 0 bridgehead atoms. The van der Waals surface area contributed by atoms with E-state index in [1.807, 2.05) is 0 Å². The van der Waals surface area contributed by atoms with Gasteiger partial charge in [-0.25, -0.2) is 4.39 Å². The molecule has 0 unspecified atom stereocenters. The lowest BCUT2D eigenvalue weighted by Crippen LogP contribution is -2.40. The summed E-state index contributed by atoms with van der Waals surface area (Å²) in [4.78, 5) is 26.4. The number of ketones is 1. The Morgan fingerprint density at radius 2 is 1.58 bits per heavy atom. The van der Waals surface area contributed by atoms with E-state index in [2.05, 4.69) is 10.2 Å². The molecule has 2 fully saturated rings. The molecule has 172 valence electrons. The fourth-order valence-electron chi connectivity index (χ4n) is 4.69. The van der Waals surface area contributed by atoms with Crippen LogP contribution in [0.5, 0.6) is 0 Å². The molecule has 1 aliphatic carbocycles. The van der Waals surface area contributed by atoms with E-state index in [1.54, 1.807) is 12.1 Å². The standard InChI is InChI=1S/C23H30F4N2O2/c24-19-5-3-17(4-6-19)22(31)18-10-13-29(14-11-18)12-9-16-1-7-20(8-2-16)28-21(30)15-23(25,26)27/h3-6,16,18,20H,1-2,7-15H2,(H,28,30)/t16-,20-. The van der Waals surface area contributed by atoms with E-state index in [-0.39, 0.29) is 23.6 Å². The van der Waals surface area contributed by atoms with Gasteiger partial charge in [-0.05, 0) is 94.8 Å². The molecule has 0 aromatic heterocycles. The van der Waals surface area contributed by atoms with E-state index in [9.17, 15) is 27.2 Å². The topological polar surface area (TPSA) is 49.4 Å². The lowest BCUT2D eigenvalue weighted by molar-refractivity contribution is -0.154. The van der Waals surface area contributed by atoms with Crippen molar-refractivity contribution in [2.75, 3.05) is 19.6 Å². The van der Waals surface area contributed by atoms with Crippen LogP contribution in [0.2, 0.25) is 0 Å². The van der Waals surface area contributed by atoms with Crippen LogP contribution < -0.4 is 5.32 Å². The lowest BCUT2D eigenvalue weighted by Gasteiger charge is -2.34. The minimum atomic E-state index is -4.46. The molecule has 1 aromatic rings. The van der Waals surface area contributed by atoms with Crippen LogP contribution in [0.25, 0.3) is 0 Å². The molecule has 3 rings (SSSR count). The summed E-state index contributed by atoms with van der Waals surface area (Å²) in [6.07, 6.45) is 0.0328. The molecule has 0 atom stereocenters. The van der Waals surface area contributed by atoms with E-state index in [0.29, 0.717) is 11.5 Å². The van der Waals surface area contributed by atoms with Gasteiger partial charge in [0.1, 0.15) is 12.2 Å². The normalized spacial score (nSPS) is 23.5. The molecule has 2 aliphatic rings. The molecule has 0 radical (unpaired) electrons. The number of Topliss-reactive ketones (excluding diaryl/α,β-unsaturated/α-hetero) is 1. The average Bonchev–Trinajstić information content (AvgIpc) is 2.72. The highest BCUT2D eigenvalue weighted by Crippen LogP contribution is 2.29. The summed E-state index contributed by atoms with van der Waals surface area (Å²) in [5.41, 5.74) is 0.568. The van der Waals surface area contributed by atoms with Crippen molar-refractivity contribution < 1.29 is 27.2 Å². The fraction of sp³-hybridized carbons (Fsp3) is 0.652. The summed E-state index contributed by atoms with van der Waals surface area (Å²) < 4.78 is 49.9. The van der Waals surface area contributed by atoms with Crippen LogP contribution in [0.15, 0.2) is 24.3 Å². The van der Waals surface area contributed by atoms with E-state index in [4.69, 9.17) is 0 Å². The number of halogens is 4. The molecule has 1 saturated carbocycles. The first-order chi connectivity index (χ1) is 14.7. The number of rotatable bonds is 7. The third-order valence-electron chi connectivity index (χ3n) is 6.51. The number of benzene rings is 1. The van der Waals surface area contributed by atoms with Crippen LogP contribution in [0, 0.1) is 17.7 Å². The van der Waals surface area contributed by atoms with Gasteiger partial charge < -0.3 is 10.2 Å². The van der Waals surface area contributed by atoms with Crippen LogP contribution >= 0.6 is 0 Å². The Kier molecular flexibility index (Phi) is 8.08. The first kappa shape index (κ1) is 23.7. The lowest BCUT2D eigenvalue weighted by atomic mass is 9.83. The predicted octanol–water partition coefficient (Wildman–Crippen LogP) is 4.74. The van der Waals surface area contributed by atoms with Crippen molar-refractivity contribution in [3.8, 4) is 0 Å². The van der Waals surface area contributed by atoms with Crippen LogP contribution in [-0.4, -0.2) is 48.4 Å². The van der Waals surface area contributed by atoms with Gasteiger partial charge in [0.2, 0.25) is 5.91 Å². The Hall–Kier alpha value is -1.96. The van der Waals surface area contributed by atoms with Crippen molar-refractivity contribution in [3.63, 3.8) is 0 Å². The summed E-state index contributed by atoms with van der Waals surface area (Å²) in [5.74, 6) is -0.685. The molecule has 31 heavy (non-hydrogen) atoms. The van der Waals surface area contributed by atoms with Crippen molar-refractivity contribution >= 4 is 11.7 Å². The number of likely N-dealkylation sites (tertiary alicyclic amines) is 1. The Balaban J connectivity index is 1.32. The molecule has 1 aliphatic heterocycles. The quantitative estimate of drug-likeness (QED) is 0.490. The summed E-state index contributed by atoms with van der Waals surface area (Å²) >= 11 is 0. The van der Waals surface area contributed by atoms with Gasteiger partial charge in [0.15, 0.2) is 5.78 Å². The summed E-state index contributed by atoms with van der Waals surface area (Å²) in [6.45, 7) is 2.67. The number of hydrogen-bond donors (Lipinski definition) is 1. The second-order valence-corrected chi connectivity index (χ2v) is 8.85. The highest BCUT2D eigenvalue weighted by atomic mass is 19.4. The highest BCUT2D eigenvalue weighted by Gasteiger charge is 2.33. The zero-order chi connectivity index (χ0) is 22.4. The minimum absolute atomic E-state index is 0.0162. The number of carbonyl (C=O) groups is 2. The fourth-order valence-corrected chi connectivity index (χ4v) is 4.69. The van der Waals surface area contributed by atoms with Crippen LogP contribution in [0.3, 0.4) is 0 Å². The third kappa shape index (κ3) is 7.59. The molecule has 1 amide bonds. The second kappa shape index (κ2) is 10.6. The van der Waals surface area contributed by atoms with Gasteiger partial charge in [0.05, 0.1) is 0 Å². The van der Waals surface area contributed by atoms with E-state index in [0.717, 1.165) is 64.6 Å². The van der Waals surface area contributed by atoms with E-state index < -0.39 is 18.5 Å². The van der Waals surface area contributed by atoms with Gasteiger partial charge in [-0.3, -0.25) is 9.59 Å². The average molecular weight is 442 g/mol. The minimum Gasteiger partial charge on any atom is -0.353 e. The largest absolute Gasteiger partial charge is 0.397 e. The van der Waals surface area contributed by atoms with Crippen LogP contribution in [0.4, 0.5) is 17.6 Å². The molecular weight excluding hydrogens is 412 g/mol. The molecule has 4 nitrogen and oxygen atoms in total.